The Bertz CT molecular complexity index is 917. The molecule has 2 N–H and O–H groups in total. The van der Waals surface area contributed by atoms with E-state index in [1.807, 2.05) is 0 Å². The summed E-state index contributed by atoms with van der Waals surface area (Å²) >= 11 is 0. The summed E-state index contributed by atoms with van der Waals surface area (Å²) in [5.41, 5.74) is 1.46. The highest BCUT2D eigenvalue weighted by molar-refractivity contribution is 5.99. The largest absolute Gasteiger partial charge is 0.464 e. The maximum absolute atomic E-state index is 13.1. The van der Waals surface area contributed by atoms with Gasteiger partial charge in [-0.25, -0.2) is 9.37 Å². The summed E-state index contributed by atoms with van der Waals surface area (Å²) in [6.45, 7) is 1.19. The highest BCUT2D eigenvalue weighted by atomic mass is 19.1. The average molecular weight is 355 g/mol. The van der Waals surface area contributed by atoms with E-state index in [9.17, 15) is 9.18 Å². The molecule has 1 fully saturated rings. The predicted molar refractivity (Wildman–Crippen MR) is 95.0 cm³/mol. The minimum atomic E-state index is -0.320. The number of rotatable bonds is 5. The van der Waals surface area contributed by atoms with Gasteiger partial charge in [-0.1, -0.05) is 0 Å². The number of nitrogens with zero attached hydrogens (tertiary/aromatic N) is 1. The van der Waals surface area contributed by atoms with E-state index < -0.39 is 0 Å². The number of hydrogen-bond donors (Lipinski definition) is 2. The molecule has 134 valence electrons. The Morgan fingerprint density at radius 2 is 2.12 bits per heavy atom. The summed E-state index contributed by atoms with van der Waals surface area (Å²) < 4.78 is 24.0. The Morgan fingerprint density at radius 3 is 2.88 bits per heavy atom. The van der Waals surface area contributed by atoms with Gasteiger partial charge in [0.05, 0.1) is 17.8 Å². The van der Waals surface area contributed by atoms with Crippen molar-refractivity contribution in [3.05, 3.63) is 54.2 Å². The second-order valence-corrected chi connectivity index (χ2v) is 6.17. The van der Waals surface area contributed by atoms with Crippen LogP contribution in [0.15, 0.2) is 47.1 Å². The molecule has 0 bridgehead atoms. The van der Waals surface area contributed by atoms with Crippen molar-refractivity contribution in [2.24, 2.45) is 0 Å². The molecule has 4 rings (SSSR count). The van der Waals surface area contributed by atoms with Gasteiger partial charge in [0, 0.05) is 24.9 Å². The second-order valence-electron chi connectivity index (χ2n) is 6.17. The van der Waals surface area contributed by atoms with Crippen LogP contribution >= 0.6 is 0 Å². The first-order valence-electron chi connectivity index (χ1n) is 8.50. The number of pyridine rings is 1. The average Bonchev–Trinajstić information content (AvgIpc) is 3.33. The van der Waals surface area contributed by atoms with Gasteiger partial charge in [0.15, 0.2) is 0 Å². The summed E-state index contributed by atoms with van der Waals surface area (Å²) in [4.78, 5) is 16.9. The van der Waals surface area contributed by atoms with Crippen molar-refractivity contribution in [1.29, 1.82) is 0 Å². The third-order valence-electron chi connectivity index (χ3n) is 4.30. The van der Waals surface area contributed by atoms with E-state index in [-0.39, 0.29) is 23.5 Å². The van der Waals surface area contributed by atoms with Crippen LogP contribution in [0.3, 0.4) is 0 Å². The van der Waals surface area contributed by atoms with Gasteiger partial charge in [0.1, 0.15) is 22.9 Å². The number of furan rings is 1. The van der Waals surface area contributed by atoms with Crippen molar-refractivity contribution in [2.45, 2.75) is 18.9 Å². The molecule has 1 saturated heterocycles. The molecular weight excluding hydrogens is 337 g/mol. The van der Waals surface area contributed by atoms with E-state index in [1.54, 1.807) is 24.3 Å². The van der Waals surface area contributed by atoms with Crippen LogP contribution in [0.25, 0.3) is 11.0 Å². The normalized spacial score (nSPS) is 16.7. The van der Waals surface area contributed by atoms with Crippen LogP contribution in [0.4, 0.5) is 15.9 Å². The number of fused-ring (bicyclic) bond motifs is 1. The minimum Gasteiger partial charge on any atom is -0.464 e. The first kappa shape index (κ1) is 16.5. The Kier molecular flexibility index (Phi) is 4.53. The summed E-state index contributed by atoms with van der Waals surface area (Å²) in [6, 6.07) is 9.29. The lowest BCUT2D eigenvalue weighted by Gasteiger charge is -2.12. The monoisotopic (exact) mass is 355 g/mol. The van der Waals surface area contributed by atoms with Crippen LogP contribution in [0.1, 0.15) is 23.3 Å². The van der Waals surface area contributed by atoms with Crippen LogP contribution in [0, 0.1) is 5.82 Å². The zero-order valence-corrected chi connectivity index (χ0v) is 14.0. The Labute approximate surface area is 149 Å². The number of benzene rings is 1. The number of halogens is 1. The number of anilines is 2. The van der Waals surface area contributed by atoms with Crippen LogP contribution in [-0.2, 0) is 4.74 Å². The van der Waals surface area contributed by atoms with E-state index >= 15 is 0 Å². The third-order valence-corrected chi connectivity index (χ3v) is 4.30. The Morgan fingerprint density at radius 1 is 1.27 bits per heavy atom. The molecule has 0 spiro atoms. The third kappa shape index (κ3) is 3.52. The molecule has 0 radical (unpaired) electrons. The van der Waals surface area contributed by atoms with Crippen LogP contribution in [0.2, 0.25) is 0 Å². The molecule has 6 nitrogen and oxygen atoms in total. The lowest BCUT2D eigenvalue weighted by molar-refractivity contribution is 0.0854. The fourth-order valence-corrected chi connectivity index (χ4v) is 2.95. The van der Waals surface area contributed by atoms with Gasteiger partial charge in [0.2, 0.25) is 0 Å². The molecule has 1 atom stereocenters. The van der Waals surface area contributed by atoms with Crippen molar-refractivity contribution in [1.82, 2.24) is 10.3 Å². The van der Waals surface area contributed by atoms with Gasteiger partial charge >= 0.3 is 0 Å². The molecule has 2 aromatic heterocycles. The zero-order chi connectivity index (χ0) is 17.9. The van der Waals surface area contributed by atoms with Crippen LogP contribution in [0.5, 0.6) is 0 Å². The van der Waals surface area contributed by atoms with Crippen molar-refractivity contribution < 1.29 is 18.3 Å². The highest BCUT2D eigenvalue weighted by Gasteiger charge is 2.19. The fraction of sp³-hybridized carbons (Fsp3) is 0.263. The number of carbonyl (C=O) groups is 1. The number of hydrogen-bond acceptors (Lipinski definition) is 5. The molecule has 1 aliphatic rings. The van der Waals surface area contributed by atoms with Gasteiger partial charge in [0.25, 0.3) is 5.91 Å². The van der Waals surface area contributed by atoms with Crippen LogP contribution in [-0.4, -0.2) is 30.1 Å². The highest BCUT2D eigenvalue weighted by Crippen LogP contribution is 2.26. The fourth-order valence-electron chi connectivity index (χ4n) is 2.95. The van der Waals surface area contributed by atoms with E-state index in [2.05, 4.69) is 15.6 Å². The standard InChI is InChI=1S/C19H18FN3O3/c20-12-3-5-13(6-4-12)22-18-15-7-9-26-17(15)10-16(23-18)19(24)21-11-14-2-1-8-25-14/h3-7,9-10,14H,1-2,8,11H2,(H,21,24)(H,22,23). The second kappa shape index (κ2) is 7.13. The minimum absolute atomic E-state index is 0.0584. The molecule has 7 heteroatoms. The van der Waals surface area contributed by atoms with Crippen molar-refractivity contribution >= 4 is 28.4 Å². The number of carbonyl (C=O) groups excluding carboxylic acids is 1. The molecule has 3 heterocycles. The van der Waals surface area contributed by atoms with E-state index in [0.717, 1.165) is 24.8 Å². The Hall–Kier alpha value is -2.93. The molecule has 1 aromatic carbocycles. The number of nitrogens with one attached hydrogen (secondary N) is 2. The SMILES string of the molecule is O=C(NCC1CCCO1)c1cc2occc2c(Nc2ccc(F)cc2)n1. The molecule has 3 aromatic rings. The summed E-state index contributed by atoms with van der Waals surface area (Å²) in [7, 11) is 0. The van der Waals surface area contributed by atoms with Gasteiger partial charge in [-0.15, -0.1) is 0 Å². The van der Waals surface area contributed by atoms with Gasteiger partial charge in [-0.2, -0.15) is 0 Å². The van der Waals surface area contributed by atoms with E-state index in [4.69, 9.17) is 9.15 Å². The maximum atomic E-state index is 13.1. The first-order chi connectivity index (χ1) is 12.7. The van der Waals surface area contributed by atoms with Gasteiger partial charge < -0.3 is 19.8 Å². The van der Waals surface area contributed by atoms with E-state index in [1.165, 1.54) is 18.4 Å². The van der Waals surface area contributed by atoms with E-state index in [0.29, 0.717) is 23.6 Å². The molecule has 0 aliphatic carbocycles. The molecule has 1 amide bonds. The summed E-state index contributed by atoms with van der Waals surface area (Å²) in [6.07, 6.45) is 3.56. The predicted octanol–water partition coefficient (Wildman–Crippen LogP) is 3.62. The topological polar surface area (TPSA) is 76.4 Å². The number of ether oxygens (including phenoxy) is 1. The van der Waals surface area contributed by atoms with Gasteiger partial charge in [-0.3, -0.25) is 4.79 Å². The van der Waals surface area contributed by atoms with Gasteiger partial charge in [-0.05, 0) is 43.2 Å². The number of aromatic nitrogens is 1. The number of amides is 1. The summed E-state index contributed by atoms with van der Waals surface area (Å²) in [5, 5.41) is 6.70. The van der Waals surface area contributed by atoms with Crippen molar-refractivity contribution in [2.75, 3.05) is 18.5 Å². The first-order valence-corrected chi connectivity index (χ1v) is 8.50. The molecular formula is C19H18FN3O3. The summed E-state index contributed by atoms with van der Waals surface area (Å²) in [5.74, 6) is -0.134. The van der Waals surface area contributed by atoms with Crippen LogP contribution < -0.4 is 10.6 Å². The lowest BCUT2D eigenvalue weighted by Crippen LogP contribution is -2.32. The zero-order valence-electron chi connectivity index (χ0n) is 14.0. The molecule has 0 saturated carbocycles. The smallest absolute Gasteiger partial charge is 0.270 e. The molecule has 1 aliphatic heterocycles. The Balaban J connectivity index is 1.57. The maximum Gasteiger partial charge on any atom is 0.270 e. The van der Waals surface area contributed by atoms with Crippen molar-refractivity contribution in [3.8, 4) is 0 Å². The molecule has 1 unspecified atom stereocenters. The molecule has 26 heavy (non-hydrogen) atoms. The lowest BCUT2D eigenvalue weighted by atomic mass is 10.2. The quantitative estimate of drug-likeness (QED) is 0.731. The van der Waals surface area contributed by atoms with Crippen molar-refractivity contribution in [3.63, 3.8) is 0 Å².